The van der Waals surface area contributed by atoms with E-state index in [1.165, 1.54) is 11.0 Å². The molecular formula is C18H23F3N6O. The van der Waals surface area contributed by atoms with Gasteiger partial charge < -0.3 is 4.57 Å². The normalized spacial score (nSPS) is 19.0. The van der Waals surface area contributed by atoms with Crippen LogP contribution in [-0.4, -0.2) is 42.3 Å². The maximum atomic E-state index is 12.6. The van der Waals surface area contributed by atoms with E-state index < -0.39 is 17.4 Å². The van der Waals surface area contributed by atoms with Gasteiger partial charge in [0.1, 0.15) is 11.6 Å². The summed E-state index contributed by atoms with van der Waals surface area (Å²) >= 11 is 0. The Hall–Kier alpha value is -2.23. The van der Waals surface area contributed by atoms with Crippen molar-refractivity contribution in [3.05, 3.63) is 40.1 Å². The third kappa shape index (κ3) is 4.11. The van der Waals surface area contributed by atoms with E-state index in [1.54, 1.807) is 0 Å². The van der Waals surface area contributed by atoms with Gasteiger partial charge in [-0.1, -0.05) is 0 Å². The molecule has 10 heteroatoms. The predicted molar refractivity (Wildman–Crippen MR) is 94.5 cm³/mol. The number of alkyl halides is 3. The van der Waals surface area contributed by atoms with Gasteiger partial charge in [-0.3, -0.25) is 14.3 Å². The average Bonchev–Trinajstić information content (AvgIpc) is 3.07. The summed E-state index contributed by atoms with van der Waals surface area (Å²) in [7, 11) is 0. The Bertz CT molecular complexity index is 882. The van der Waals surface area contributed by atoms with E-state index in [0.717, 1.165) is 69.8 Å². The minimum atomic E-state index is -4.59. The van der Waals surface area contributed by atoms with E-state index in [0.29, 0.717) is 12.6 Å². The fourth-order valence-electron chi connectivity index (χ4n) is 4.01. The summed E-state index contributed by atoms with van der Waals surface area (Å²) in [6.45, 7) is 3.89. The molecule has 7 nitrogen and oxygen atoms in total. The van der Waals surface area contributed by atoms with Crippen LogP contribution in [0.15, 0.2) is 17.2 Å². The minimum Gasteiger partial charge on any atom is -0.314 e. The van der Waals surface area contributed by atoms with E-state index >= 15 is 0 Å². The molecule has 0 radical (unpaired) electrons. The van der Waals surface area contributed by atoms with Crippen LogP contribution >= 0.6 is 0 Å². The molecule has 2 aliphatic rings. The molecule has 4 heterocycles. The summed E-state index contributed by atoms with van der Waals surface area (Å²) in [5.41, 5.74) is -1.79. The molecule has 0 aliphatic carbocycles. The lowest BCUT2D eigenvalue weighted by atomic mass is 9.96. The summed E-state index contributed by atoms with van der Waals surface area (Å²) in [5, 5.41) is 8.63. The average molecular weight is 396 g/mol. The molecule has 4 rings (SSSR count). The van der Waals surface area contributed by atoms with E-state index in [4.69, 9.17) is 0 Å². The highest BCUT2D eigenvalue weighted by molar-refractivity contribution is 5.04. The Morgan fingerprint density at radius 1 is 1.11 bits per heavy atom. The highest BCUT2D eigenvalue weighted by Gasteiger charge is 2.33. The molecule has 152 valence electrons. The Balaban J connectivity index is 1.32. The van der Waals surface area contributed by atoms with E-state index in [-0.39, 0.29) is 5.92 Å². The summed E-state index contributed by atoms with van der Waals surface area (Å²) in [6, 6.07) is 0.573. The van der Waals surface area contributed by atoms with Gasteiger partial charge in [-0.05, 0) is 44.7 Å². The van der Waals surface area contributed by atoms with Crippen molar-refractivity contribution in [2.24, 2.45) is 5.92 Å². The van der Waals surface area contributed by atoms with Gasteiger partial charge in [0.25, 0.3) is 5.56 Å². The van der Waals surface area contributed by atoms with Crippen LogP contribution < -0.4 is 5.56 Å². The van der Waals surface area contributed by atoms with Crippen molar-refractivity contribution in [1.82, 2.24) is 29.2 Å². The second-order valence-corrected chi connectivity index (χ2v) is 7.62. The molecular weight excluding hydrogens is 373 g/mol. The Labute approximate surface area is 160 Å². The number of aromatic nitrogens is 5. The number of rotatable bonds is 4. The van der Waals surface area contributed by atoms with Crippen molar-refractivity contribution in [3.8, 4) is 0 Å². The van der Waals surface area contributed by atoms with E-state index in [1.807, 2.05) is 0 Å². The van der Waals surface area contributed by atoms with Crippen molar-refractivity contribution >= 4 is 0 Å². The minimum absolute atomic E-state index is 0.250. The second-order valence-electron chi connectivity index (χ2n) is 7.62. The fourth-order valence-corrected chi connectivity index (χ4v) is 4.01. The molecule has 2 aromatic heterocycles. The van der Waals surface area contributed by atoms with Crippen LogP contribution in [0.1, 0.15) is 43.0 Å². The van der Waals surface area contributed by atoms with Crippen molar-refractivity contribution < 1.29 is 13.2 Å². The van der Waals surface area contributed by atoms with Crippen molar-refractivity contribution in [3.63, 3.8) is 0 Å². The second kappa shape index (κ2) is 7.65. The fraction of sp³-hybridized carbons (Fsp3) is 0.667. The molecule has 0 bridgehead atoms. The summed E-state index contributed by atoms with van der Waals surface area (Å²) in [6.07, 6.45) is 1.51. The van der Waals surface area contributed by atoms with Gasteiger partial charge >= 0.3 is 6.18 Å². The van der Waals surface area contributed by atoms with Crippen LogP contribution in [0.3, 0.4) is 0 Å². The molecule has 0 atom stereocenters. The van der Waals surface area contributed by atoms with Crippen molar-refractivity contribution in [2.75, 3.05) is 13.1 Å². The van der Waals surface area contributed by atoms with Crippen LogP contribution in [0.4, 0.5) is 13.2 Å². The molecule has 0 amide bonds. The first-order chi connectivity index (χ1) is 13.4. The van der Waals surface area contributed by atoms with Gasteiger partial charge in [-0.2, -0.15) is 13.2 Å². The third-order valence-corrected chi connectivity index (χ3v) is 5.63. The summed E-state index contributed by atoms with van der Waals surface area (Å²) in [5.74, 6) is 2.33. The zero-order valence-corrected chi connectivity index (χ0v) is 15.5. The van der Waals surface area contributed by atoms with Gasteiger partial charge in [-0.25, -0.2) is 4.98 Å². The van der Waals surface area contributed by atoms with Gasteiger partial charge in [0.05, 0.1) is 12.9 Å². The molecule has 0 unspecified atom stereocenters. The smallest absolute Gasteiger partial charge is 0.314 e. The lowest BCUT2D eigenvalue weighted by molar-refractivity contribution is -0.141. The first kappa shape index (κ1) is 19.1. The van der Waals surface area contributed by atoms with Crippen LogP contribution in [0.5, 0.6) is 0 Å². The molecule has 0 N–H and O–H groups in total. The highest BCUT2D eigenvalue weighted by Crippen LogP contribution is 2.26. The SMILES string of the molecule is O=c1cc(C(F)(F)F)ncn1CC1CCN(Cc2nnc3n2CCCC3)CC1. The third-order valence-electron chi connectivity index (χ3n) is 5.63. The number of likely N-dealkylation sites (tertiary alicyclic amines) is 1. The first-order valence-corrected chi connectivity index (χ1v) is 9.67. The van der Waals surface area contributed by atoms with Crippen LogP contribution in [0.2, 0.25) is 0 Å². The van der Waals surface area contributed by atoms with Gasteiger partial charge in [-0.15, -0.1) is 10.2 Å². The zero-order chi connectivity index (χ0) is 19.7. The maximum absolute atomic E-state index is 12.6. The maximum Gasteiger partial charge on any atom is 0.433 e. The number of nitrogens with zero attached hydrogens (tertiary/aromatic N) is 6. The van der Waals surface area contributed by atoms with Gasteiger partial charge in [0.2, 0.25) is 0 Å². The van der Waals surface area contributed by atoms with Crippen molar-refractivity contribution in [2.45, 2.75) is 57.9 Å². The Kier molecular flexibility index (Phi) is 5.22. The Morgan fingerprint density at radius 3 is 2.61 bits per heavy atom. The predicted octanol–water partition coefficient (Wildman–Crippen LogP) is 2.10. The van der Waals surface area contributed by atoms with E-state index in [9.17, 15) is 18.0 Å². The topological polar surface area (TPSA) is 68.8 Å². The molecule has 0 spiro atoms. The molecule has 0 saturated carbocycles. The lowest BCUT2D eigenvalue weighted by Crippen LogP contribution is -2.37. The van der Waals surface area contributed by atoms with Gasteiger partial charge in [0, 0.05) is 25.6 Å². The summed E-state index contributed by atoms with van der Waals surface area (Å²) in [4.78, 5) is 17.7. The lowest BCUT2D eigenvalue weighted by Gasteiger charge is -2.32. The molecule has 2 aliphatic heterocycles. The number of hydrogen-bond donors (Lipinski definition) is 0. The number of halogens is 3. The molecule has 0 aromatic carbocycles. The molecule has 28 heavy (non-hydrogen) atoms. The molecule has 1 saturated heterocycles. The Morgan fingerprint density at radius 2 is 1.89 bits per heavy atom. The van der Waals surface area contributed by atoms with Crippen molar-refractivity contribution in [1.29, 1.82) is 0 Å². The number of piperidine rings is 1. The van der Waals surface area contributed by atoms with Crippen LogP contribution in [0.25, 0.3) is 0 Å². The zero-order valence-electron chi connectivity index (χ0n) is 15.5. The molecule has 1 fully saturated rings. The standard InChI is InChI=1S/C18H23F3N6O/c19-18(20,21)14-9-17(28)26(12-22-14)10-13-4-7-25(8-5-13)11-16-24-23-15-3-1-2-6-27(15)16/h9,12-13H,1-8,10-11H2. The monoisotopic (exact) mass is 396 g/mol. The summed E-state index contributed by atoms with van der Waals surface area (Å²) < 4.78 is 41.4. The van der Waals surface area contributed by atoms with E-state index in [2.05, 4.69) is 24.6 Å². The molecule has 2 aromatic rings. The quantitative estimate of drug-likeness (QED) is 0.792. The number of hydrogen-bond acceptors (Lipinski definition) is 5. The number of fused-ring (bicyclic) bond motifs is 1. The van der Waals surface area contributed by atoms with Gasteiger partial charge in [0.15, 0.2) is 5.69 Å². The first-order valence-electron chi connectivity index (χ1n) is 9.67. The highest BCUT2D eigenvalue weighted by atomic mass is 19.4. The van der Waals surface area contributed by atoms with Crippen LogP contribution in [0, 0.1) is 5.92 Å². The largest absolute Gasteiger partial charge is 0.433 e. The van der Waals surface area contributed by atoms with Crippen LogP contribution in [-0.2, 0) is 32.2 Å². The number of aryl methyl sites for hydroxylation is 1.